The quantitative estimate of drug-likeness (QED) is 0.297. The average Bonchev–Trinajstić information content (AvgIpc) is 3.28. The molecule has 9 heteroatoms. The number of nitrogens with one attached hydrogen (secondary N) is 2. The van der Waals surface area contributed by atoms with Crippen molar-refractivity contribution in [3.05, 3.63) is 0 Å². The molecule has 0 aromatic rings. The van der Waals surface area contributed by atoms with Crippen LogP contribution >= 0.6 is 27.7 Å². The molecule has 0 aromatic heterocycles. The number of aliphatic hydroxyl groups excluding tert-OH is 1. The number of amides is 3. The van der Waals surface area contributed by atoms with Gasteiger partial charge in [-0.05, 0) is 46.5 Å². The third-order valence-corrected chi connectivity index (χ3v) is 9.91. The number of thioether (sulfide) groups is 1. The predicted octanol–water partition coefficient (Wildman–Crippen LogP) is 2.44. The molecule has 1 spiro atoms. The van der Waals surface area contributed by atoms with Gasteiger partial charge in [-0.2, -0.15) is 0 Å². The lowest BCUT2D eigenvalue weighted by atomic mass is 9.70. The van der Waals surface area contributed by atoms with Crippen LogP contribution in [0.1, 0.15) is 66.2 Å². The van der Waals surface area contributed by atoms with E-state index in [1.165, 1.54) is 0 Å². The van der Waals surface area contributed by atoms with Crippen LogP contribution in [0.5, 0.6) is 0 Å². The van der Waals surface area contributed by atoms with Gasteiger partial charge >= 0.3 is 0 Å². The van der Waals surface area contributed by atoms with Gasteiger partial charge in [-0.25, -0.2) is 0 Å². The van der Waals surface area contributed by atoms with E-state index in [1.807, 2.05) is 27.7 Å². The van der Waals surface area contributed by atoms with Crippen LogP contribution in [0, 0.1) is 11.8 Å². The average molecular weight is 533 g/mol. The number of rotatable bonds is 10. The second kappa shape index (κ2) is 10.2. The summed E-state index contributed by atoms with van der Waals surface area (Å²) < 4.78 is -0.579. The monoisotopic (exact) mass is 531 g/mol. The maximum Gasteiger partial charge on any atom is 0.244 e. The van der Waals surface area contributed by atoms with Gasteiger partial charge in [-0.3, -0.25) is 14.4 Å². The summed E-state index contributed by atoms with van der Waals surface area (Å²) in [7, 11) is 0. The van der Waals surface area contributed by atoms with Crippen LogP contribution in [0.3, 0.4) is 0 Å². The first-order valence-electron chi connectivity index (χ1n) is 11.9. The minimum atomic E-state index is -0.579. The van der Waals surface area contributed by atoms with Crippen molar-refractivity contribution in [2.75, 3.05) is 19.7 Å². The van der Waals surface area contributed by atoms with Gasteiger partial charge < -0.3 is 20.6 Å². The lowest BCUT2D eigenvalue weighted by molar-refractivity contribution is -0.140. The molecule has 3 heterocycles. The van der Waals surface area contributed by atoms with Gasteiger partial charge in [-0.15, -0.1) is 11.8 Å². The Morgan fingerprint density at radius 2 is 1.91 bits per heavy atom. The van der Waals surface area contributed by atoms with Crippen LogP contribution in [0.15, 0.2) is 0 Å². The topological polar surface area (TPSA) is 98.7 Å². The lowest BCUT2D eigenvalue weighted by Gasteiger charge is -2.36. The summed E-state index contributed by atoms with van der Waals surface area (Å²) in [5.41, 5.74) is -0.408. The van der Waals surface area contributed by atoms with E-state index in [2.05, 4.69) is 26.6 Å². The highest BCUT2D eigenvalue weighted by atomic mass is 79.9. The fourth-order valence-electron chi connectivity index (χ4n) is 5.52. The number of halogens is 1. The number of aliphatic hydroxyl groups is 1. The molecule has 6 atom stereocenters. The van der Waals surface area contributed by atoms with Crippen LogP contribution in [0.4, 0.5) is 0 Å². The van der Waals surface area contributed by atoms with E-state index in [0.29, 0.717) is 19.5 Å². The minimum Gasteiger partial charge on any atom is -0.396 e. The molecular weight excluding hydrogens is 494 g/mol. The molecule has 182 valence electrons. The first-order valence-corrected chi connectivity index (χ1v) is 13.7. The molecule has 3 fully saturated rings. The molecule has 32 heavy (non-hydrogen) atoms. The van der Waals surface area contributed by atoms with Crippen LogP contribution in [-0.4, -0.2) is 73.8 Å². The second-order valence-electron chi connectivity index (χ2n) is 10.4. The van der Waals surface area contributed by atoms with E-state index in [9.17, 15) is 14.4 Å². The molecule has 3 amide bonds. The standard InChI is InChI=1S/C23H38BrN3O4S/c1-5-10-25-19(29)15-16-21(31)27(11-8-6-7-9-12-28)18(20(30)26-22(2,3)4)23(16)13-14(24)17(15)32-23/h14-18,28H,5-13H2,1-4H3,(H,25,29)(H,26,30)/t14?,15-,16-,17-,18?,23?/m0/s1. The fraction of sp³-hybridized carbons (Fsp3) is 0.870. The highest BCUT2D eigenvalue weighted by molar-refractivity contribution is 9.09. The van der Waals surface area contributed by atoms with Gasteiger partial charge in [0.1, 0.15) is 6.04 Å². The summed E-state index contributed by atoms with van der Waals surface area (Å²) in [6, 6.07) is -0.573. The summed E-state index contributed by atoms with van der Waals surface area (Å²) in [6.07, 6.45) is 4.87. The van der Waals surface area contributed by atoms with E-state index in [-0.39, 0.29) is 34.4 Å². The van der Waals surface area contributed by atoms with E-state index in [1.54, 1.807) is 16.7 Å². The zero-order chi connectivity index (χ0) is 23.7. The summed E-state index contributed by atoms with van der Waals surface area (Å²) in [4.78, 5) is 42.3. The fourth-order valence-corrected chi connectivity index (χ4v) is 9.14. The molecule has 3 aliphatic heterocycles. The summed E-state index contributed by atoms with van der Waals surface area (Å²) in [6.45, 7) is 9.12. The number of hydrogen-bond donors (Lipinski definition) is 3. The van der Waals surface area contributed by atoms with Crippen molar-refractivity contribution < 1.29 is 19.5 Å². The Morgan fingerprint density at radius 1 is 1.22 bits per heavy atom. The van der Waals surface area contributed by atoms with Crippen molar-refractivity contribution in [1.82, 2.24) is 15.5 Å². The molecule has 7 nitrogen and oxygen atoms in total. The number of likely N-dealkylation sites (tertiary alicyclic amines) is 1. The Hall–Kier alpha value is -0.800. The van der Waals surface area contributed by atoms with Crippen LogP contribution in [-0.2, 0) is 14.4 Å². The Bertz CT molecular complexity index is 731. The largest absolute Gasteiger partial charge is 0.396 e. The molecule has 3 N–H and O–H groups in total. The molecule has 3 rings (SSSR count). The maximum atomic E-state index is 13.8. The third-order valence-electron chi connectivity index (χ3n) is 6.69. The molecule has 0 saturated carbocycles. The minimum absolute atomic E-state index is 0.00236. The van der Waals surface area contributed by atoms with Gasteiger partial charge in [0.15, 0.2) is 0 Å². The zero-order valence-corrected chi connectivity index (χ0v) is 22.1. The van der Waals surface area contributed by atoms with E-state index in [0.717, 1.165) is 32.1 Å². The van der Waals surface area contributed by atoms with E-state index >= 15 is 0 Å². The molecule has 0 aliphatic carbocycles. The highest BCUT2D eigenvalue weighted by Gasteiger charge is 2.75. The molecule has 3 unspecified atom stereocenters. The Kier molecular flexibility index (Phi) is 8.24. The van der Waals surface area contributed by atoms with E-state index in [4.69, 9.17) is 5.11 Å². The van der Waals surface area contributed by atoms with Crippen LogP contribution in [0.25, 0.3) is 0 Å². The van der Waals surface area contributed by atoms with E-state index < -0.39 is 28.2 Å². The van der Waals surface area contributed by atoms with Crippen molar-refractivity contribution in [2.45, 2.75) is 92.6 Å². The van der Waals surface area contributed by atoms with Crippen molar-refractivity contribution >= 4 is 45.4 Å². The SMILES string of the molecule is CCCNC(=O)[C@H]1[C@H]2C(=O)N(CCCCCCO)C(C(=O)NC(C)(C)C)C23CC(Br)[C@@H]1S3. The Morgan fingerprint density at radius 3 is 2.53 bits per heavy atom. The second-order valence-corrected chi connectivity index (χ2v) is 13.1. The molecular formula is C23H38BrN3O4S. The smallest absolute Gasteiger partial charge is 0.244 e. The summed E-state index contributed by atoms with van der Waals surface area (Å²) in [5, 5.41) is 15.1. The lowest BCUT2D eigenvalue weighted by Crippen LogP contribution is -2.57. The van der Waals surface area contributed by atoms with Crippen LogP contribution in [0.2, 0.25) is 0 Å². The number of hydrogen-bond acceptors (Lipinski definition) is 5. The molecule has 3 aliphatic rings. The van der Waals surface area contributed by atoms with Crippen LogP contribution < -0.4 is 10.6 Å². The molecule has 2 bridgehead atoms. The van der Waals surface area contributed by atoms with Gasteiger partial charge in [0, 0.05) is 35.3 Å². The van der Waals surface area contributed by atoms with Gasteiger partial charge in [0.25, 0.3) is 0 Å². The van der Waals surface area contributed by atoms with Crippen molar-refractivity contribution in [1.29, 1.82) is 0 Å². The zero-order valence-electron chi connectivity index (χ0n) is 19.7. The third kappa shape index (κ3) is 4.85. The Balaban J connectivity index is 1.90. The number of nitrogens with zero attached hydrogens (tertiary/aromatic N) is 1. The number of alkyl halides is 1. The normalized spacial score (nSPS) is 33.5. The predicted molar refractivity (Wildman–Crippen MR) is 131 cm³/mol. The molecule has 0 radical (unpaired) electrons. The Labute approximate surface area is 204 Å². The number of carbonyl (C=O) groups is 3. The molecule has 0 aromatic carbocycles. The number of fused-ring (bicyclic) bond motifs is 1. The van der Waals surface area contributed by atoms with Gasteiger partial charge in [0.2, 0.25) is 17.7 Å². The van der Waals surface area contributed by atoms with Crippen molar-refractivity contribution in [3.63, 3.8) is 0 Å². The maximum absolute atomic E-state index is 13.8. The number of carbonyl (C=O) groups excluding carboxylic acids is 3. The van der Waals surface area contributed by atoms with Gasteiger partial charge in [0.05, 0.1) is 16.6 Å². The summed E-state index contributed by atoms with van der Waals surface area (Å²) in [5.74, 6) is -1.11. The number of unbranched alkanes of at least 4 members (excludes halogenated alkanes) is 3. The highest BCUT2D eigenvalue weighted by Crippen LogP contribution is 2.67. The first kappa shape index (κ1) is 25.8. The van der Waals surface area contributed by atoms with Gasteiger partial charge in [-0.1, -0.05) is 35.7 Å². The first-order chi connectivity index (χ1) is 15.1. The van der Waals surface area contributed by atoms with Crippen molar-refractivity contribution in [3.8, 4) is 0 Å². The van der Waals surface area contributed by atoms with Crippen molar-refractivity contribution in [2.24, 2.45) is 11.8 Å². The molecule has 3 saturated heterocycles. The summed E-state index contributed by atoms with van der Waals surface area (Å²) >= 11 is 5.46.